The SMILES string of the molecule is O=C(NO)c1ccc(Cn2nnnc2-c2ccc(C(F)(F)F)cn2)cc1. The van der Waals surface area contributed by atoms with Crippen LogP contribution in [0.3, 0.4) is 0 Å². The lowest BCUT2D eigenvalue weighted by atomic mass is 10.1. The van der Waals surface area contributed by atoms with Crippen LogP contribution < -0.4 is 5.48 Å². The van der Waals surface area contributed by atoms with Gasteiger partial charge >= 0.3 is 6.18 Å². The van der Waals surface area contributed by atoms with Gasteiger partial charge in [0.25, 0.3) is 5.91 Å². The van der Waals surface area contributed by atoms with Gasteiger partial charge in [-0.25, -0.2) is 10.2 Å². The lowest BCUT2D eigenvalue weighted by Crippen LogP contribution is -2.18. The summed E-state index contributed by atoms with van der Waals surface area (Å²) in [5.74, 6) is -0.440. The van der Waals surface area contributed by atoms with E-state index in [0.717, 1.165) is 17.8 Å². The van der Waals surface area contributed by atoms with Crippen molar-refractivity contribution in [1.29, 1.82) is 0 Å². The molecule has 0 saturated heterocycles. The van der Waals surface area contributed by atoms with E-state index in [0.29, 0.717) is 0 Å². The number of hydroxylamine groups is 1. The number of alkyl halides is 3. The second-order valence-electron chi connectivity index (χ2n) is 5.23. The van der Waals surface area contributed by atoms with Gasteiger partial charge in [0, 0.05) is 11.8 Å². The zero-order valence-electron chi connectivity index (χ0n) is 13.0. The number of pyridine rings is 1. The number of carbonyl (C=O) groups excluding carboxylic acids is 1. The lowest BCUT2D eigenvalue weighted by molar-refractivity contribution is -0.137. The van der Waals surface area contributed by atoms with Gasteiger partial charge in [-0.3, -0.25) is 15.0 Å². The Morgan fingerprint density at radius 2 is 1.88 bits per heavy atom. The minimum atomic E-state index is -4.47. The first-order valence-corrected chi connectivity index (χ1v) is 7.21. The van der Waals surface area contributed by atoms with E-state index in [2.05, 4.69) is 20.5 Å². The quantitative estimate of drug-likeness (QED) is 0.541. The van der Waals surface area contributed by atoms with Crippen LogP contribution in [0.25, 0.3) is 11.5 Å². The predicted octanol–water partition coefficient (Wildman–Crippen LogP) is 1.92. The molecule has 0 atom stereocenters. The van der Waals surface area contributed by atoms with E-state index in [1.165, 1.54) is 28.4 Å². The highest BCUT2D eigenvalue weighted by atomic mass is 19.4. The Hall–Kier alpha value is -3.34. The first-order chi connectivity index (χ1) is 12.4. The van der Waals surface area contributed by atoms with Crippen molar-refractivity contribution in [2.75, 3.05) is 0 Å². The fourth-order valence-corrected chi connectivity index (χ4v) is 2.19. The van der Waals surface area contributed by atoms with E-state index in [1.807, 2.05) is 0 Å². The molecular weight excluding hydrogens is 353 g/mol. The fourth-order valence-electron chi connectivity index (χ4n) is 2.19. The fraction of sp³-hybridized carbons (Fsp3) is 0.133. The van der Waals surface area contributed by atoms with Crippen molar-refractivity contribution >= 4 is 5.91 Å². The minimum absolute atomic E-state index is 0.194. The van der Waals surface area contributed by atoms with Crippen LogP contribution in [0.5, 0.6) is 0 Å². The topological polar surface area (TPSA) is 106 Å². The molecule has 1 amide bonds. The summed E-state index contributed by atoms with van der Waals surface area (Å²) in [6.45, 7) is 0.214. The number of nitrogens with zero attached hydrogens (tertiary/aromatic N) is 5. The number of hydrogen-bond acceptors (Lipinski definition) is 6. The monoisotopic (exact) mass is 364 g/mol. The molecule has 134 valence electrons. The van der Waals surface area contributed by atoms with Crippen LogP contribution in [-0.4, -0.2) is 36.3 Å². The molecule has 26 heavy (non-hydrogen) atoms. The summed E-state index contributed by atoms with van der Waals surface area (Å²) in [6.07, 6.45) is -3.75. The summed E-state index contributed by atoms with van der Waals surface area (Å²) >= 11 is 0. The van der Waals surface area contributed by atoms with E-state index in [-0.39, 0.29) is 23.6 Å². The van der Waals surface area contributed by atoms with E-state index >= 15 is 0 Å². The van der Waals surface area contributed by atoms with Crippen molar-refractivity contribution in [3.8, 4) is 11.5 Å². The number of halogens is 3. The van der Waals surface area contributed by atoms with Gasteiger partial charge in [-0.1, -0.05) is 12.1 Å². The van der Waals surface area contributed by atoms with Gasteiger partial charge in [0.1, 0.15) is 5.69 Å². The van der Waals surface area contributed by atoms with Crippen LogP contribution in [0.1, 0.15) is 21.5 Å². The van der Waals surface area contributed by atoms with Crippen molar-refractivity contribution in [1.82, 2.24) is 30.7 Å². The number of benzene rings is 1. The normalized spacial score (nSPS) is 11.4. The molecule has 0 spiro atoms. The molecule has 0 radical (unpaired) electrons. The molecular formula is C15H11F3N6O2. The number of carbonyl (C=O) groups is 1. The van der Waals surface area contributed by atoms with Crippen molar-refractivity contribution < 1.29 is 23.2 Å². The third-order valence-corrected chi connectivity index (χ3v) is 3.50. The molecule has 8 nitrogen and oxygen atoms in total. The number of aromatic nitrogens is 5. The van der Waals surface area contributed by atoms with Crippen molar-refractivity contribution in [3.05, 3.63) is 59.3 Å². The Morgan fingerprint density at radius 3 is 2.46 bits per heavy atom. The largest absolute Gasteiger partial charge is 0.417 e. The molecule has 1 aromatic carbocycles. The molecule has 2 N–H and O–H groups in total. The molecule has 0 unspecified atom stereocenters. The molecule has 0 fully saturated rings. The molecule has 0 bridgehead atoms. The van der Waals surface area contributed by atoms with Gasteiger partial charge in [0.15, 0.2) is 0 Å². The number of nitrogens with one attached hydrogen (secondary N) is 1. The van der Waals surface area contributed by atoms with E-state index in [9.17, 15) is 18.0 Å². The third kappa shape index (κ3) is 3.67. The number of rotatable bonds is 4. The van der Waals surface area contributed by atoms with Crippen LogP contribution >= 0.6 is 0 Å². The zero-order chi connectivity index (χ0) is 18.7. The Balaban J connectivity index is 1.81. The van der Waals surface area contributed by atoms with E-state index in [1.54, 1.807) is 12.1 Å². The maximum Gasteiger partial charge on any atom is 0.417 e. The number of tetrazole rings is 1. The minimum Gasteiger partial charge on any atom is -0.288 e. The van der Waals surface area contributed by atoms with Crippen LogP contribution in [0.15, 0.2) is 42.6 Å². The molecule has 0 saturated carbocycles. The summed E-state index contributed by atoms with van der Waals surface area (Å²) in [7, 11) is 0. The third-order valence-electron chi connectivity index (χ3n) is 3.50. The Labute approximate surface area is 144 Å². The van der Waals surface area contributed by atoms with Crippen LogP contribution in [-0.2, 0) is 12.7 Å². The molecule has 2 heterocycles. The Bertz CT molecular complexity index is 906. The van der Waals surface area contributed by atoms with Gasteiger partial charge in [0.2, 0.25) is 5.82 Å². The lowest BCUT2D eigenvalue weighted by Gasteiger charge is -2.08. The van der Waals surface area contributed by atoms with Gasteiger partial charge in [-0.15, -0.1) is 5.10 Å². The highest BCUT2D eigenvalue weighted by Gasteiger charge is 2.30. The zero-order valence-corrected chi connectivity index (χ0v) is 13.0. The summed E-state index contributed by atoms with van der Waals surface area (Å²) in [5.41, 5.74) is 1.86. The van der Waals surface area contributed by atoms with E-state index < -0.39 is 17.6 Å². The number of amides is 1. The van der Waals surface area contributed by atoms with Gasteiger partial charge < -0.3 is 0 Å². The van der Waals surface area contributed by atoms with Gasteiger partial charge in [-0.2, -0.15) is 13.2 Å². The van der Waals surface area contributed by atoms with Gasteiger partial charge in [0.05, 0.1) is 12.1 Å². The van der Waals surface area contributed by atoms with Crippen LogP contribution in [0, 0.1) is 0 Å². The Morgan fingerprint density at radius 1 is 1.15 bits per heavy atom. The summed E-state index contributed by atoms with van der Waals surface area (Å²) in [4.78, 5) is 15.1. The highest BCUT2D eigenvalue weighted by molar-refractivity contribution is 5.93. The molecule has 0 aliphatic carbocycles. The second kappa shape index (κ2) is 6.88. The van der Waals surface area contributed by atoms with Gasteiger partial charge in [-0.05, 0) is 40.3 Å². The first-order valence-electron chi connectivity index (χ1n) is 7.21. The van der Waals surface area contributed by atoms with Crippen molar-refractivity contribution in [2.24, 2.45) is 0 Å². The highest BCUT2D eigenvalue weighted by Crippen LogP contribution is 2.29. The van der Waals surface area contributed by atoms with Crippen molar-refractivity contribution in [3.63, 3.8) is 0 Å². The molecule has 3 rings (SSSR count). The Kier molecular flexibility index (Phi) is 4.63. The molecule has 0 aliphatic heterocycles. The maximum absolute atomic E-state index is 12.6. The molecule has 2 aromatic heterocycles. The first kappa shape index (κ1) is 17.5. The molecule has 0 aliphatic rings. The van der Waals surface area contributed by atoms with E-state index in [4.69, 9.17) is 5.21 Å². The standard InChI is InChI=1S/C15H11F3N6O2/c16-15(17,18)11-5-6-12(19-7-11)13-20-22-23-24(13)8-9-1-3-10(4-2-9)14(25)21-26/h1-7,26H,8H2,(H,21,25). The summed E-state index contributed by atoms with van der Waals surface area (Å²) in [6, 6.07) is 8.37. The summed E-state index contributed by atoms with van der Waals surface area (Å²) in [5, 5.41) is 19.7. The van der Waals surface area contributed by atoms with Crippen LogP contribution in [0.2, 0.25) is 0 Å². The molecule has 11 heteroatoms. The van der Waals surface area contributed by atoms with Crippen LogP contribution in [0.4, 0.5) is 13.2 Å². The smallest absolute Gasteiger partial charge is 0.288 e. The average molecular weight is 364 g/mol. The maximum atomic E-state index is 12.6. The summed E-state index contributed by atoms with van der Waals surface area (Å²) < 4.78 is 39.2. The number of hydrogen-bond donors (Lipinski definition) is 2. The molecule has 3 aromatic rings. The average Bonchev–Trinajstić information content (AvgIpc) is 3.09. The predicted molar refractivity (Wildman–Crippen MR) is 80.8 cm³/mol. The van der Waals surface area contributed by atoms with Crippen molar-refractivity contribution in [2.45, 2.75) is 12.7 Å². The second-order valence-corrected chi connectivity index (χ2v) is 5.23.